The van der Waals surface area contributed by atoms with E-state index in [1.807, 2.05) is 0 Å². The SMILES string of the molecule is COc1c([C@H]2[C@H](C(=O)Nc3ccnc(N4CNC4=O)c3)O[C@@](C)(C(F)(F)F)[C@H]2C)ccc(F)c1F. The fraction of sp³-hybridized carbons (Fsp3) is 0.409. The standard InChI is InChI=1S/C22H21F5N4O4/c1-10-15(12-4-5-13(23)16(24)17(12)34-3)18(35-21(10,2)22(25,26)27)19(32)30-11-6-7-28-14(8-11)31-9-29-20(31)33/h4-8,10,15,18H,9H2,1-3H3,(H,29,33)(H,28,30,32)/t10-,15-,18+,21+/m0/s1. The molecule has 2 aromatic rings. The van der Waals surface area contributed by atoms with Gasteiger partial charge in [0.25, 0.3) is 5.91 Å². The number of pyridine rings is 1. The number of carbonyl (C=O) groups is 2. The molecule has 3 heterocycles. The lowest BCUT2D eigenvalue weighted by molar-refractivity contribution is -0.272. The first-order valence-corrected chi connectivity index (χ1v) is 10.5. The minimum absolute atomic E-state index is 0.139. The third-order valence-corrected chi connectivity index (χ3v) is 6.49. The highest BCUT2D eigenvalue weighted by Crippen LogP contribution is 2.55. The summed E-state index contributed by atoms with van der Waals surface area (Å²) < 4.78 is 80.6. The Morgan fingerprint density at radius 1 is 1.31 bits per heavy atom. The molecule has 8 nitrogen and oxygen atoms in total. The summed E-state index contributed by atoms with van der Waals surface area (Å²) in [6.45, 7) is 2.23. The molecule has 2 aliphatic heterocycles. The van der Waals surface area contributed by atoms with Crippen molar-refractivity contribution in [1.29, 1.82) is 0 Å². The number of methoxy groups -OCH3 is 1. The van der Waals surface area contributed by atoms with Crippen molar-refractivity contribution in [2.45, 2.75) is 37.6 Å². The van der Waals surface area contributed by atoms with Crippen LogP contribution in [0.4, 0.5) is 38.3 Å². The number of alkyl halides is 3. The van der Waals surface area contributed by atoms with Crippen LogP contribution in [0.2, 0.25) is 0 Å². The number of anilines is 2. The van der Waals surface area contributed by atoms with Crippen molar-refractivity contribution in [1.82, 2.24) is 10.3 Å². The van der Waals surface area contributed by atoms with Gasteiger partial charge in [0, 0.05) is 35.3 Å². The van der Waals surface area contributed by atoms with E-state index >= 15 is 0 Å². The molecule has 0 radical (unpaired) electrons. The molecule has 1 aromatic heterocycles. The zero-order valence-electron chi connectivity index (χ0n) is 18.7. The topological polar surface area (TPSA) is 92.8 Å². The molecule has 0 bridgehead atoms. The summed E-state index contributed by atoms with van der Waals surface area (Å²) in [5, 5.41) is 4.97. The van der Waals surface area contributed by atoms with Crippen LogP contribution < -0.4 is 20.3 Å². The molecule has 4 rings (SSSR count). The third-order valence-electron chi connectivity index (χ3n) is 6.49. The van der Waals surface area contributed by atoms with Gasteiger partial charge in [-0.25, -0.2) is 14.2 Å². The maximum absolute atomic E-state index is 14.4. The van der Waals surface area contributed by atoms with Crippen LogP contribution in [0.1, 0.15) is 25.3 Å². The summed E-state index contributed by atoms with van der Waals surface area (Å²) in [5.41, 5.74) is -2.76. The van der Waals surface area contributed by atoms with Gasteiger partial charge in [-0.2, -0.15) is 17.6 Å². The third kappa shape index (κ3) is 4.03. The average Bonchev–Trinajstić information content (AvgIpc) is 3.06. The van der Waals surface area contributed by atoms with E-state index in [1.165, 1.54) is 30.2 Å². The van der Waals surface area contributed by atoms with E-state index < -0.39 is 59.0 Å². The van der Waals surface area contributed by atoms with Crippen LogP contribution in [0.3, 0.4) is 0 Å². The normalized spacial score (nSPS) is 26.2. The zero-order valence-corrected chi connectivity index (χ0v) is 18.7. The molecule has 3 amide bonds. The number of ether oxygens (including phenoxy) is 2. The molecule has 2 aliphatic rings. The highest BCUT2D eigenvalue weighted by molar-refractivity contribution is 5.98. The molecule has 35 heavy (non-hydrogen) atoms. The lowest BCUT2D eigenvalue weighted by Gasteiger charge is -2.32. The molecule has 0 saturated carbocycles. The van der Waals surface area contributed by atoms with Crippen LogP contribution in [0.5, 0.6) is 5.75 Å². The predicted octanol–water partition coefficient (Wildman–Crippen LogP) is 3.93. The van der Waals surface area contributed by atoms with Crippen molar-refractivity contribution < 1.29 is 41.0 Å². The number of nitrogens with one attached hydrogen (secondary N) is 2. The molecule has 1 aromatic carbocycles. The molecule has 0 unspecified atom stereocenters. The number of nitrogens with zero attached hydrogens (tertiary/aromatic N) is 2. The number of urea groups is 1. The van der Waals surface area contributed by atoms with Gasteiger partial charge < -0.3 is 20.1 Å². The van der Waals surface area contributed by atoms with Gasteiger partial charge in [-0.3, -0.25) is 9.69 Å². The summed E-state index contributed by atoms with van der Waals surface area (Å²) in [4.78, 5) is 30.1. The van der Waals surface area contributed by atoms with Gasteiger partial charge in [0.1, 0.15) is 18.6 Å². The number of hydrogen-bond acceptors (Lipinski definition) is 5. The zero-order chi connectivity index (χ0) is 25.7. The number of hydrogen-bond donors (Lipinski definition) is 2. The molecule has 13 heteroatoms. The van der Waals surface area contributed by atoms with E-state index in [2.05, 4.69) is 15.6 Å². The molecule has 2 fully saturated rings. The van der Waals surface area contributed by atoms with Crippen LogP contribution in [0.15, 0.2) is 30.5 Å². The molecule has 0 spiro atoms. The Balaban J connectivity index is 1.71. The fourth-order valence-electron chi connectivity index (χ4n) is 4.30. The maximum Gasteiger partial charge on any atom is 0.417 e. The van der Waals surface area contributed by atoms with Gasteiger partial charge in [0.15, 0.2) is 17.2 Å². The predicted molar refractivity (Wildman–Crippen MR) is 113 cm³/mol. The molecular formula is C22H21F5N4O4. The van der Waals surface area contributed by atoms with Crippen LogP contribution in [0, 0.1) is 17.6 Å². The highest BCUT2D eigenvalue weighted by Gasteiger charge is 2.65. The van der Waals surface area contributed by atoms with Crippen LogP contribution >= 0.6 is 0 Å². The second-order valence-corrected chi connectivity index (χ2v) is 8.40. The first-order valence-electron chi connectivity index (χ1n) is 10.5. The van der Waals surface area contributed by atoms with Gasteiger partial charge in [-0.05, 0) is 19.1 Å². The molecular weight excluding hydrogens is 479 g/mol. The van der Waals surface area contributed by atoms with Crippen molar-refractivity contribution in [3.05, 3.63) is 47.7 Å². The Kier molecular flexibility index (Phi) is 6.07. The Morgan fingerprint density at radius 3 is 2.60 bits per heavy atom. The maximum atomic E-state index is 14.4. The summed E-state index contributed by atoms with van der Waals surface area (Å²) >= 11 is 0. The number of halogens is 5. The minimum atomic E-state index is -4.87. The number of rotatable bonds is 5. The van der Waals surface area contributed by atoms with Crippen molar-refractivity contribution in [2.75, 3.05) is 24.0 Å². The fourth-order valence-corrected chi connectivity index (χ4v) is 4.30. The monoisotopic (exact) mass is 500 g/mol. The van der Waals surface area contributed by atoms with E-state index in [-0.39, 0.29) is 23.7 Å². The second-order valence-electron chi connectivity index (χ2n) is 8.40. The summed E-state index contributed by atoms with van der Waals surface area (Å²) in [6, 6.07) is 4.18. The minimum Gasteiger partial charge on any atom is -0.493 e. The summed E-state index contributed by atoms with van der Waals surface area (Å²) in [6.07, 6.45) is -5.30. The van der Waals surface area contributed by atoms with Crippen LogP contribution in [-0.2, 0) is 9.53 Å². The van der Waals surface area contributed by atoms with Crippen LogP contribution in [-0.4, -0.2) is 48.6 Å². The molecule has 2 N–H and O–H groups in total. The number of amides is 3. The number of carbonyl (C=O) groups excluding carboxylic acids is 2. The lowest BCUT2D eigenvalue weighted by atomic mass is 9.77. The van der Waals surface area contributed by atoms with Crippen molar-refractivity contribution in [3.63, 3.8) is 0 Å². The molecule has 0 aliphatic carbocycles. The molecule has 4 atom stereocenters. The van der Waals surface area contributed by atoms with E-state index in [4.69, 9.17) is 9.47 Å². The van der Waals surface area contributed by atoms with E-state index in [0.717, 1.165) is 26.2 Å². The van der Waals surface area contributed by atoms with Gasteiger partial charge in [-0.15, -0.1) is 0 Å². The van der Waals surface area contributed by atoms with Gasteiger partial charge in [0.2, 0.25) is 5.82 Å². The Hall–Kier alpha value is -3.48. The molecule has 188 valence electrons. The summed E-state index contributed by atoms with van der Waals surface area (Å²) in [5.74, 6) is -6.70. The quantitative estimate of drug-likeness (QED) is 0.607. The average molecular weight is 500 g/mol. The smallest absolute Gasteiger partial charge is 0.417 e. The Labute approximate surface area is 196 Å². The van der Waals surface area contributed by atoms with Gasteiger partial charge >= 0.3 is 12.2 Å². The van der Waals surface area contributed by atoms with Crippen LogP contribution in [0.25, 0.3) is 0 Å². The van der Waals surface area contributed by atoms with Gasteiger partial charge in [0.05, 0.1) is 7.11 Å². The Bertz CT molecular complexity index is 1180. The van der Waals surface area contributed by atoms with Crippen molar-refractivity contribution >= 4 is 23.4 Å². The van der Waals surface area contributed by atoms with Gasteiger partial charge in [-0.1, -0.05) is 13.0 Å². The summed E-state index contributed by atoms with van der Waals surface area (Å²) in [7, 11) is 1.05. The van der Waals surface area contributed by atoms with Crippen molar-refractivity contribution in [2.24, 2.45) is 5.92 Å². The van der Waals surface area contributed by atoms with E-state index in [9.17, 15) is 31.5 Å². The van der Waals surface area contributed by atoms with E-state index in [1.54, 1.807) is 0 Å². The largest absolute Gasteiger partial charge is 0.493 e. The first-order chi connectivity index (χ1) is 16.4. The van der Waals surface area contributed by atoms with Crippen molar-refractivity contribution in [3.8, 4) is 5.75 Å². The number of benzene rings is 1. The highest BCUT2D eigenvalue weighted by atomic mass is 19.4. The number of aromatic nitrogens is 1. The molecule has 2 saturated heterocycles. The van der Waals surface area contributed by atoms with E-state index in [0.29, 0.717) is 0 Å². The first kappa shape index (κ1) is 24.6. The lowest BCUT2D eigenvalue weighted by Crippen LogP contribution is -2.57. The second kappa shape index (κ2) is 8.63. The Morgan fingerprint density at radius 2 is 2.03 bits per heavy atom.